The molecule has 2 aromatic rings. The number of ether oxygens (including phenoxy) is 1. The number of aromatic nitrogens is 1. The molecular formula is C21H25ClN4O3. The van der Waals surface area contributed by atoms with E-state index in [0.717, 1.165) is 50.1 Å². The lowest BCUT2D eigenvalue weighted by Gasteiger charge is -2.18. The molecule has 154 valence electrons. The average molecular weight is 417 g/mol. The zero-order valence-corrected chi connectivity index (χ0v) is 17.2. The van der Waals surface area contributed by atoms with Gasteiger partial charge in [0.1, 0.15) is 12.9 Å². The van der Waals surface area contributed by atoms with Gasteiger partial charge < -0.3 is 14.5 Å². The standard InChI is InChI=1S/C21H25ClN4O3/c1-28-24-16-17-5-6-20(19(22)15-17)29-14-4-2-3-11-25-12-13-26(21(25)27)18-7-9-23-10-8-18/h5-10,15-16H,2-4,11-14H2,1H3/b24-16+. The van der Waals surface area contributed by atoms with Gasteiger partial charge in [0, 0.05) is 37.7 Å². The number of carbonyl (C=O) groups excluding carboxylic acids is 1. The van der Waals surface area contributed by atoms with Crippen LogP contribution in [0.2, 0.25) is 5.02 Å². The molecule has 0 saturated carbocycles. The molecule has 0 atom stereocenters. The third kappa shape index (κ3) is 5.84. The van der Waals surface area contributed by atoms with E-state index in [9.17, 15) is 4.79 Å². The van der Waals surface area contributed by atoms with Gasteiger partial charge in [0.05, 0.1) is 17.8 Å². The quantitative estimate of drug-likeness (QED) is 0.330. The minimum Gasteiger partial charge on any atom is -0.492 e. The highest BCUT2D eigenvalue weighted by molar-refractivity contribution is 6.32. The largest absolute Gasteiger partial charge is 0.492 e. The van der Waals surface area contributed by atoms with Crippen LogP contribution in [0, 0.1) is 0 Å². The first-order chi connectivity index (χ1) is 14.2. The van der Waals surface area contributed by atoms with Crippen molar-refractivity contribution in [2.45, 2.75) is 19.3 Å². The van der Waals surface area contributed by atoms with Crippen LogP contribution in [0.25, 0.3) is 0 Å². The Bertz CT molecular complexity index is 832. The maximum atomic E-state index is 12.5. The number of unbranched alkanes of at least 4 members (excludes halogenated alkanes) is 2. The number of nitrogens with zero attached hydrogens (tertiary/aromatic N) is 4. The molecule has 0 unspecified atom stereocenters. The second-order valence-electron chi connectivity index (χ2n) is 6.64. The van der Waals surface area contributed by atoms with Crippen LogP contribution < -0.4 is 9.64 Å². The van der Waals surface area contributed by atoms with Crippen molar-refractivity contribution in [2.75, 3.05) is 38.3 Å². The van der Waals surface area contributed by atoms with Crippen molar-refractivity contribution in [3.8, 4) is 5.75 Å². The predicted molar refractivity (Wildman–Crippen MR) is 114 cm³/mol. The van der Waals surface area contributed by atoms with Crippen LogP contribution in [0.3, 0.4) is 0 Å². The van der Waals surface area contributed by atoms with E-state index in [1.165, 1.54) is 7.11 Å². The highest BCUT2D eigenvalue weighted by Crippen LogP contribution is 2.25. The zero-order chi connectivity index (χ0) is 20.5. The SMILES string of the molecule is CO/N=C/c1ccc(OCCCCCN2CCN(c3ccncc3)C2=O)c(Cl)c1. The van der Waals surface area contributed by atoms with Crippen LogP contribution in [0.4, 0.5) is 10.5 Å². The van der Waals surface area contributed by atoms with Gasteiger partial charge in [-0.3, -0.25) is 9.88 Å². The Labute approximate surface area is 175 Å². The average Bonchev–Trinajstić information content (AvgIpc) is 3.11. The van der Waals surface area contributed by atoms with Crippen molar-refractivity contribution >= 4 is 29.5 Å². The van der Waals surface area contributed by atoms with E-state index in [1.807, 2.05) is 29.2 Å². The lowest BCUT2D eigenvalue weighted by atomic mass is 10.2. The smallest absolute Gasteiger partial charge is 0.324 e. The Balaban J connectivity index is 1.34. The summed E-state index contributed by atoms with van der Waals surface area (Å²) >= 11 is 6.23. The van der Waals surface area contributed by atoms with E-state index in [2.05, 4.69) is 15.0 Å². The molecule has 0 N–H and O–H groups in total. The molecule has 3 rings (SSSR count). The van der Waals surface area contributed by atoms with Gasteiger partial charge in [-0.15, -0.1) is 0 Å². The van der Waals surface area contributed by atoms with Gasteiger partial charge in [-0.05, 0) is 55.2 Å². The molecule has 7 nitrogen and oxygen atoms in total. The molecule has 29 heavy (non-hydrogen) atoms. The van der Waals surface area contributed by atoms with Gasteiger partial charge >= 0.3 is 6.03 Å². The number of benzene rings is 1. The number of halogens is 1. The Kier molecular flexibility index (Phi) is 7.69. The number of amides is 2. The van der Waals surface area contributed by atoms with E-state index in [-0.39, 0.29) is 6.03 Å². The molecule has 1 saturated heterocycles. The molecule has 1 fully saturated rings. The highest BCUT2D eigenvalue weighted by atomic mass is 35.5. The molecule has 0 bridgehead atoms. The fraction of sp³-hybridized carbons (Fsp3) is 0.381. The molecule has 0 spiro atoms. The first-order valence-corrected chi connectivity index (χ1v) is 10.0. The monoisotopic (exact) mass is 416 g/mol. The fourth-order valence-electron chi connectivity index (χ4n) is 3.15. The molecule has 2 heterocycles. The Morgan fingerprint density at radius 1 is 1.17 bits per heavy atom. The van der Waals surface area contributed by atoms with Crippen LogP contribution >= 0.6 is 11.6 Å². The van der Waals surface area contributed by atoms with Crippen molar-refractivity contribution in [1.29, 1.82) is 0 Å². The normalized spacial score (nSPS) is 14.1. The molecular weight excluding hydrogens is 392 g/mol. The number of carbonyl (C=O) groups is 1. The van der Waals surface area contributed by atoms with E-state index < -0.39 is 0 Å². The van der Waals surface area contributed by atoms with E-state index >= 15 is 0 Å². The zero-order valence-electron chi connectivity index (χ0n) is 16.5. The summed E-state index contributed by atoms with van der Waals surface area (Å²) in [7, 11) is 1.49. The Hall–Kier alpha value is -2.80. The summed E-state index contributed by atoms with van der Waals surface area (Å²) < 4.78 is 5.76. The topological polar surface area (TPSA) is 67.3 Å². The summed E-state index contributed by atoms with van der Waals surface area (Å²) in [6, 6.07) is 9.28. The van der Waals surface area contributed by atoms with Crippen molar-refractivity contribution < 1.29 is 14.4 Å². The number of hydrogen-bond donors (Lipinski definition) is 0. The number of anilines is 1. The summed E-state index contributed by atoms with van der Waals surface area (Å²) in [6.45, 7) is 2.82. The van der Waals surface area contributed by atoms with Crippen molar-refractivity contribution in [2.24, 2.45) is 5.16 Å². The molecule has 1 aliphatic heterocycles. The molecule has 8 heteroatoms. The minimum atomic E-state index is 0.0661. The first kappa shape index (κ1) is 20.9. The lowest BCUT2D eigenvalue weighted by Crippen LogP contribution is -2.32. The minimum absolute atomic E-state index is 0.0661. The third-order valence-electron chi connectivity index (χ3n) is 4.66. The maximum Gasteiger partial charge on any atom is 0.324 e. The molecule has 1 aromatic carbocycles. The number of urea groups is 1. The van der Waals surface area contributed by atoms with Crippen LogP contribution in [-0.4, -0.2) is 55.5 Å². The van der Waals surface area contributed by atoms with Gasteiger partial charge in [0.2, 0.25) is 0 Å². The van der Waals surface area contributed by atoms with Gasteiger partial charge in [-0.2, -0.15) is 0 Å². The molecule has 0 aliphatic carbocycles. The lowest BCUT2D eigenvalue weighted by molar-refractivity contribution is 0.215. The van der Waals surface area contributed by atoms with E-state index in [1.54, 1.807) is 29.6 Å². The number of pyridine rings is 1. The summed E-state index contributed by atoms with van der Waals surface area (Å²) in [5, 5.41) is 4.26. The molecule has 2 amide bonds. The van der Waals surface area contributed by atoms with Crippen LogP contribution in [0.15, 0.2) is 47.9 Å². The number of rotatable bonds is 10. The Morgan fingerprint density at radius 2 is 2.00 bits per heavy atom. The van der Waals surface area contributed by atoms with E-state index in [4.69, 9.17) is 16.3 Å². The van der Waals surface area contributed by atoms with Crippen molar-refractivity contribution in [3.63, 3.8) is 0 Å². The summed E-state index contributed by atoms with van der Waals surface area (Å²) in [5.74, 6) is 0.656. The van der Waals surface area contributed by atoms with E-state index in [0.29, 0.717) is 17.4 Å². The molecule has 1 aliphatic rings. The Morgan fingerprint density at radius 3 is 2.76 bits per heavy atom. The number of hydrogen-bond acceptors (Lipinski definition) is 5. The summed E-state index contributed by atoms with van der Waals surface area (Å²) in [5.41, 5.74) is 1.75. The van der Waals surface area contributed by atoms with Gasteiger partial charge in [0.25, 0.3) is 0 Å². The van der Waals surface area contributed by atoms with Gasteiger partial charge in [0.15, 0.2) is 0 Å². The predicted octanol–water partition coefficient (Wildman–Crippen LogP) is 4.21. The summed E-state index contributed by atoms with van der Waals surface area (Å²) in [6.07, 6.45) is 7.83. The van der Waals surface area contributed by atoms with Gasteiger partial charge in [-0.25, -0.2) is 4.79 Å². The van der Waals surface area contributed by atoms with Crippen LogP contribution in [0.5, 0.6) is 5.75 Å². The second-order valence-corrected chi connectivity index (χ2v) is 7.05. The molecule has 0 radical (unpaired) electrons. The highest BCUT2D eigenvalue weighted by Gasteiger charge is 2.28. The molecule has 1 aromatic heterocycles. The first-order valence-electron chi connectivity index (χ1n) is 9.64. The number of oxime groups is 1. The van der Waals surface area contributed by atoms with Crippen molar-refractivity contribution in [1.82, 2.24) is 9.88 Å². The van der Waals surface area contributed by atoms with Crippen LogP contribution in [-0.2, 0) is 4.84 Å². The van der Waals surface area contributed by atoms with Gasteiger partial charge in [-0.1, -0.05) is 16.8 Å². The second kappa shape index (κ2) is 10.7. The van der Waals surface area contributed by atoms with Crippen molar-refractivity contribution in [3.05, 3.63) is 53.3 Å². The van der Waals surface area contributed by atoms with Crippen LogP contribution in [0.1, 0.15) is 24.8 Å². The summed E-state index contributed by atoms with van der Waals surface area (Å²) in [4.78, 5) is 24.9. The third-order valence-corrected chi connectivity index (χ3v) is 4.96. The fourth-order valence-corrected chi connectivity index (χ4v) is 3.39. The maximum absolute atomic E-state index is 12.5.